The Labute approximate surface area is 200 Å². The lowest BCUT2D eigenvalue weighted by molar-refractivity contribution is -0.190. The standard InChI is InChI=1S/C20H30N5O9P/c1-31-10-20-11-32-14(15(20)34-35(2,29)30)18(33-20)25-9-12(16(26)24-19(25)28)5-4-8-23-17(27)13(22)6-3-7-21/h9,13-15,18H,3,6-8,10-11,21-22H2,1-2H3,(H,23,27)(H,29,30)(H,24,26,28)/t13-,14?,15+,18+,20-/m0/s1. The van der Waals surface area contributed by atoms with E-state index in [1.807, 2.05) is 0 Å². The van der Waals surface area contributed by atoms with Crippen LogP contribution in [0.25, 0.3) is 0 Å². The number of nitrogens with two attached hydrogens (primary N) is 2. The fourth-order valence-corrected chi connectivity index (χ4v) is 4.70. The van der Waals surface area contributed by atoms with Crippen molar-refractivity contribution >= 4 is 13.5 Å². The molecule has 2 unspecified atom stereocenters. The lowest BCUT2D eigenvalue weighted by Gasteiger charge is -2.31. The zero-order chi connectivity index (χ0) is 25.8. The summed E-state index contributed by atoms with van der Waals surface area (Å²) in [5, 5.41) is 2.55. The van der Waals surface area contributed by atoms with Gasteiger partial charge in [0.2, 0.25) is 5.91 Å². The van der Waals surface area contributed by atoms with E-state index in [1.54, 1.807) is 0 Å². The maximum atomic E-state index is 12.6. The van der Waals surface area contributed by atoms with Crippen molar-refractivity contribution in [3.8, 4) is 11.8 Å². The smallest absolute Gasteiger partial charge is 0.330 e. The molecule has 35 heavy (non-hydrogen) atoms. The van der Waals surface area contributed by atoms with E-state index in [9.17, 15) is 23.8 Å². The Balaban J connectivity index is 1.80. The molecule has 15 heteroatoms. The fraction of sp³-hybridized carbons (Fsp3) is 0.650. The van der Waals surface area contributed by atoms with Crippen LogP contribution >= 0.6 is 7.60 Å². The molecule has 2 aliphatic heterocycles. The number of carbonyl (C=O) groups is 1. The van der Waals surface area contributed by atoms with Crippen LogP contribution in [-0.2, 0) is 28.1 Å². The van der Waals surface area contributed by atoms with Gasteiger partial charge in [0, 0.05) is 20.0 Å². The first-order valence-electron chi connectivity index (χ1n) is 10.9. The maximum absolute atomic E-state index is 12.6. The Bertz CT molecular complexity index is 1150. The van der Waals surface area contributed by atoms with Gasteiger partial charge >= 0.3 is 13.3 Å². The average molecular weight is 515 g/mol. The highest BCUT2D eigenvalue weighted by atomic mass is 31.2. The van der Waals surface area contributed by atoms with Gasteiger partial charge in [-0.1, -0.05) is 11.8 Å². The molecule has 0 saturated carbocycles. The first-order valence-corrected chi connectivity index (χ1v) is 12.9. The van der Waals surface area contributed by atoms with Crippen molar-refractivity contribution in [2.75, 3.05) is 40.1 Å². The van der Waals surface area contributed by atoms with Crippen LogP contribution in [0.1, 0.15) is 24.6 Å². The Morgan fingerprint density at radius 3 is 2.91 bits per heavy atom. The first-order chi connectivity index (χ1) is 16.5. The summed E-state index contributed by atoms with van der Waals surface area (Å²) in [6.45, 7) is 1.37. The highest BCUT2D eigenvalue weighted by Gasteiger charge is 2.64. The Kier molecular flexibility index (Phi) is 8.68. The number of aromatic nitrogens is 2. The topological polar surface area (TPSA) is 210 Å². The summed E-state index contributed by atoms with van der Waals surface area (Å²) in [5.41, 5.74) is 8.32. The van der Waals surface area contributed by atoms with Gasteiger partial charge in [-0.25, -0.2) is 4.79 Å². The highest BCUT2D eigenvalue weighted by Crippen LogP contribution is 2.52. The van der Waals surface area contributed by atoms with Crippen LogP contribution in [0.4, 0.5) is 0 Å². The van der Waals surface area contributed by atoms with Gasteiger partial charge in [0.25, 0.3) is 5.56 Å². The first kappa shape index (κ1) is 27.3. The van der Waals surface area contributed by atoms with Crippen molar-refractivity contribution in [2.24, 2.45) is 11.5 Å². The molecular weight excluding hydrogens is 485 g/mol. The normalized spacial score (nSPS) is 27.6. The molecule has 3 heterocycles. The third-order valence-corrected chi connectivity index (χ3v) is 6.16. The van der Waals surface area contributed by atoms with E-state index in [1.165, 1.54) is 13.3 Å². The summed E-state index contributed by atoms with van der Waals surface area (Å²) in [4.78, 5) is 48.7. The second kappa shape index (κ2) is 11.2. The van der Waals surface area contributed by atoms with E-state index in [0.717, 1.165) is 11.2 Å². The number of methoxy groups -OCH3 is 1. The summed E-state index contributed by atoms with van der Waals surface area (Å²) in [6.07, 6.45) is -0.772. The zero-order valence-corrected chi connectivity index (χ0v) is 20.3. The molecule has 1 aromatic heterocycles. The van der Waals surface area contributed by atoms with Crippen molar-refractivity contribution in [3.05, 3.63) is 32.6 Å². The Hall–Kier alpha value is -2.34. The summed E-state index contributed by atoms with van der Waals surface area (Å²) < 4.78 is 35.3. The third-order valence-electron chi connectivity index (χ3n) is 5.54. The SMILES string of the molecule is COC[C@@]12COC([C@H](n3cc(C#CCNC(=O)[C@@H](N)CCCN)c(=O)[nH]c3=O)O1)[C@H]2OP(C)(=O)O. The number of H-pyrrole nitrogens is 1. The van der Waals surface area contributed by atoms with E-state index in [4.69, 9.17) is 30.2 Å². The van der Waals surface area contributed by atoms with Crippen LogP contribution in [0.15, 0.2) is 15.8 Å². The lowest BCUT2D eigenvalue weighted by atomic mass is 10.0. The van der Waals surface area contributed by atoms with Crippen molar-refractivity contribution in [1.29, 1.82) is 0 Å². The molecule has 2 saturated heterocycles. The van der Waals surface area contributed by atoms with Gasteiger partial charge in [-0.3, -0.25) is 28.2 Å². The van der Waals surface area contributed by atoms with E-state index >= 15 is 0 Å². The summed E-state index contributed by atoms with van der Waals surface area (Å²) in [5.74, 6) is 4.85. The quantitative estimate of drug-likeness (QED) is 0.163. The predicted molar refractivity (Wildman–Crippen MR) is 123 cm³/mol. The number of hydrogen-bond acceptors (Lipinski definition) is 10. The summed E-state index contributed by atoms with van der Waals surface area (Å²) in [7, 11) is -2.52. The van der Waals surface area contributed by atoms with Crippen LogP contribution in [-0.4, -0.2) is 84.3 Å². The number of nitrogens with zero attached hydrogens (tertiary/aromatic N) is 1. The largest absolute Gasteiger partial charge is 0.381 e. The van der Waals surface area contributed by atoms with Gasteiger partial charge in [-0.05, 0) is 19.4 Å². The molecule has 3 rings (SSSR count). The molecule has 1 aromatic rings. The molecule has 0 aliphatic carbocycles. The molecule has 0 aromatic carbocycles. The second-order valence-corrected chi connectivity index (χ2v) is 10.2. The number of fused-ring (bicyclic) bond motifs is 2. The van der Waals surface area contributed by atoms with Crippen molar-refractivity contribution in [1.82, 2.24) is 14.9 Å². The van der Waals surface area contributed by atoms with E-state index in [-0.39, 0.29) is 25.3 Å². The van der Waals surface area contributed by atoms with Gasteiger partial charge in [0.05, 0.1) is 25.8 Å². The average Bonchev–Trinajstić information content (AvgIpc) is 3.25. The molecule has 2 aliphatic rings. The van der Waals surface area contributed by atoms with Gasteiger partial charge in [0.15, 0.2) is 6.23 Å². The lowest BCUT2D eigenvalue weighted by Crippen LogP contribution is -2.46. The van der Waals surface area contributed by atoms with Crippen LogP contribution in [0.5, 0.6) is 0 Å². The molecular formula is C20H30N5O9P. The molecule has 14 nitrogen and oxygen atoms in total. The molecule has 2 fully saturated rings. The maximum Gasteiger partial charge on any atom is 0.330 e. The molecule has 7 N–H and O–H groups in total. The molecule has 6 atom stereocenters. The highest BCUT2D eigenvalue weighted by molar-refractivity contribution is 7.51. The van der Waals surface area contributed by atoms with Crippen molar-refractivity contribution in [2.45, 2.75) is 42.9 Å². The van der Waals surface area contributed by atoms with Crippen LogP contribution < -0.4 is 28.0 Å². The minimum absolute atomic E-state index is 0.0184. The molecule has 0 spiro atoms. The Morgan fingerprint density at radius 1 is 1.51 bits per heavy atom. The molecule has 194 valence electrons. The van der Waals surface area contributed by atoms with Crippen LogP contribution in [0.2, 0.25) is 0 Å². The number of nitrogens with one attached hydrogen (secondary N) is 2. The second-order valence-electron chi connectivity index (χ2n) is 8.38. The molecule has 0 radical (unpaired) electrons. The Morgan fingerprint density at radius 2 is 2.26 bits per heavy atom. The molecule has 2 bridgehead atoms. The molecule has 1 amide bonds. The minimum Gasteiger partial charge on any atom is -0.381 e. The summed E-state index contributed by atoms with van der Waals surface area (Å²) >= 11 is 0. The van der Waals surface area contributed by atoms with E-state index in [0.29, 0.717) is 19.4 Å². The fourth-order valence-electron chi connectivity index (χ4n) is 3.96. The summed E-state index contributed by atoms with van der Waals surface area (Å²) in [6, 6.07) is -0.715. The van der Waals surface area contributed by atoms with Gasteiger partial charge in [0.1, 0.15) is 23.4 Å². The number of amides is 1. The number of aromatic amines is 1. The number of ether oxygens (including phenoxy) is 3. The number of carbonyl (C=O) groups excluding carboxylic acids is 1. The van der Waals surface area contributed by atoms with Gasteiger partial charge in [-0.15, -0.1) is 0 Å². The van der Waals surface area contributed by atoms with Crippen molar-refractivity contribution in [3.63, 3.8) is 0 Å². The minimum atomic E-state index is -3.94. The van der Waals surface area contributed by atoms with Crippen LogP contribution in [0, 0.1) is 11.8 Å². The van der Waals surface area contributed by atoms with Gasteiger partial charge < -0.3 is 35.9 Å². The van der Waals surface area contributed by atoms with Gasteiger partial charge in [-0.2, -0.15) is 0 Å². The predicted octanol–water partition coefficient (Wildman–Crippen LogP) is -2.42. The monoisotopic (exact) mass is 515 g/mol. The van der Waals surface area contributed by atoms with Crippen LogP contribution in [0.3, 0.4) is 0 Å². The number of hydrogen-bond donors (Lipinski definition) is 5. The zero-order valence-electron chi connectivity index (χ0n) is 19.4. The number of rotatable bonds is 10. The van der Waals surface area contributed by atoms with Crippen molar-refractivity contribution < 1.29 is 33.0 Å². The van der Waals surface area contributed by atoms with E-state index in [2.05, 4.69) is 22.1 Å². The third kappa shape index (κ3) is 6.27. The van der Waals surface area contributed by atoms with E-state index < -0.39 is 54.8 Å².